The molecule has 0 aliphatic rings. The molecular weight excluding hydrogens is 206 g/mol. The van der Waals surface area contributed by atoms with Crippen LogP contribution < -0.4 is 16.8 Å². The summed E-state index contributed by atoms with van der Waals surface area (Å²) in [4.78, 5) is 0. The Bertz CT molecular complexity index is 289. The van der Waals surface area contributed by atoms with Crippen LogP contribution in [0.3, 0.4) is 0 Å². The first kappa shape index (κ1) is 14.7. The minimum atomic E-state index is 0.139. The molecule has 92 valence electrons. The van der Waals surface area contributed by atoms with Gasteiger partial charge >= 0.3 is 0 Å². The zero-order valence-electron chi connectivity index (χ0n) is 9.61. The van der Waals surface area contributed by atoms with E-state index < -0.39 is 0 Å². The lowest BCUT2D eigenvalue weighted by Gasteiger charge is -1.98. The molecule has 1 aromatic rings. The highest BCUT2D eigenvalue weighted by molar-refractivity contribution is 5.54. The summed E-state index contributed by atoms with van der Waals surface area (Å²) in [7, 11) is 0. The summed E-state index contributed by atoms with van der Waals surface area (Å²) in [5, 5.41) is 19.1. The van der Waals surface area contributed by atoms with Crippen molar-refractivity contribution in [2.24, 2.45) is 0 Å². The van der Waals surface area contributed by atoms with Crippen molar-refractivity contribution in [2.45, 2.75) is 6.92 Å². The summed E-state index contributed by atoms with van der Waals surface area (Å²) >= 11 is 0. The zero-order chi connectivity index (χ0) is 12.4. The van der Waals surface area contributed by atoms with E-state index in [4.69, 9.17) is 21.7 Å². The third-order valence-electron chi connectivity index (χ3n) is 1.87. The summed E-state index contributed by atoms with van der Waals surface area (Å²) in [5.41, 5.74) is 13.6. The van der Waals surface area contributed by atoms with Crippen molar-refractivity contribution in [1.82, 2.24) is 5.32 Å². The number of nitrogens with one attached hydrogen (secondary N) is 1. The summed E-state index contributed by atoms with van der Waals surface area (Å²) in [6.45, 7) is 3.35. The molecule has 5 nitrogen and oxygen atoms in total. The quantitative estimate of drug-likeness (QED) is 0.359. The fourth-order valence-electron chi connectivity index (χ4n) is 0.982. The highest BCUT2D eigenvalue weighted by Gasteiger charge is 1.90. The second kappa shape index (κ2) is 8.96. The fraction of sp³-hybridized carbons (Fsp3) is 0.455. The second-order valence-corrected chi connectivity index (χ2v) is 3.31. The number of anilines is 2. The number of benzene rings is 1. The standard InChI is InChI=1S/C7H10N2.C4H11NO2/c1-5-4-6(8)2-3-7(5)9;6-3-1-5-2-4-7/h2-4H,8-9H2,1H3;5-7H,1-4H2. The number of hydrogen-bond acceptors (Lipinski definition) is 5. The first-order chi connectivity index (χ1) is 7.61. The Morgan fingerprint density at radius 1 is 1.12 bits per heavy atom. The Labute approximate surface area is 96.1 Å². The molecule has 0 aliphatic heterocycles. The molecule has 0 aliphatic carbocycles. The van der Waals surface area contributed by atoms with E-state index in [9.17, 15) is 0 Å². The van der Waals surface area contributed by atoms with Gasteiger partial charge in [0.25, 0.3) is 0 Å². The van der Waals surface area contributed by atoms with Crippen LogP contribution in [0.5, 0.6) is 0 Å². The minimum Gasteiger partial charge on any atom is -0.399 e. The second-order valence-electron chi connectivity index (χ2n) is 3.31. The van der Waals surface area contributed by atoms with Gasteiger partial charge in [0.15, 0.2) is 0 Å². The van der Waals surface area contributed by atoms with Crippen LogP contribution in [-0.4, -0.2) is 36.5 Å². The number of nitrogen functional groups attached to an aromatic ring is 2. The van der Waals surface area contributed by atoms with Crippen molar-refractivity contribution in [3.05, 3.63) is 23.8 Å². The molecule has 0 fully saturated rings. The summed E-state index contributed by atoms with van der Waals surface area (Å²) < 4.78 is 0. The topological polar surface area (TPSA) is 105 Å². The molecule has 0 atom stereocenters. The van der Waals surface area contributed by atoms with Gasteiger partial charge in [0, 0.05) is 24.5 Å². The number of hydrogen-bond donors (Lipinski definition) is 5. The lowest BCUT2D eigenvalue weighted by atomic mass is 10.2. The Kier molecular flexibility index (Phi) is 8.24. The highest BCUT2D eigenvalue weighted by atomic mass is 16.3. The molecule has 0 radical (unpaired) electrons. The normalized spacial score (nSPS) is 9.44. The summed E-state index contributed by atoms with van der Waals surface area (Å²) in [5.74, 6) is 0. The van der Waals surface area contributed by atoms with Crippen molar-refractivity contribution in [3.8, 4) is 0 Å². The number of aryl methyl sites for hydroxylation is 1. The van der Waals surface area contributed by atoms with Crippen molar-refractivity contribution >= 4 is 11.4 Å². The van der Waals surface area contributed by atoms with Crippen LogP contribution in [0.1, 0.15) is 5.56 Å². The van der Waals surface area contributed by atoms with Gasteiger partial charge in [-0.3, -0.25) is 0 Å². The molecule has 0 spiro atoms. The van der Waals surface area contributed by atoms with E-state index in [0.717, 1.165) is 16.9 Å². The minimum absolute atomic E-state index is 0.139. The Balaban J connectivity index is 0.000000293. The molecule has 1 aromatic carbocycles. The van der Waals surface area contributed by atoms with Crippen molar-refractivity contribution < 1.29 is 10.2 Å². The lowest BCUT2D eigenvalue weighted by molar-refractivity contribution is 0.267. The van der Waals surface area contributed by atoms with Gasteiger partial charge in [0.05, 0.1) is 13.2 Å². The molecule has 5 heteroatoms. The van der Waals surface area contributed by atoms with Crippen molar-refractivity contribution in [1.29, 1.82) is 0 Å². The van der Waals surface area contributed by atoms with Crippen LogP contribution in [-0.2, 0) is 0 Å². The maximum Gasteiger partial charge on any atom is 0.0555 e. The summed E-state index contributed by atoms with van der Waals surface area (Å²) in [6.07, 6.45) is 0. The van der Waals surface area contributed by atoms with Crippen molar-refractivity contribution in [3.63, 3.8) is 0 Å². The van der Waals surface area contributed by atoms with Gasteiger partial charge in [0.2, 0.25) is 0 Å². The average Bonchev–Trinajstić information content (AvgIpc) is 2.26. The third kappa shape index (κ3) is 7.05. The van der Waals surface area contributed by atoms with Crippen LogP contribution in [0.4, 0.5) is 11.4 Å². The van der Waals surface area contributed by atoms with Crippen molar-refractivity contribution in [2.75, 3.05) is 37.8 Å². The van der Waals surface area contributed by atoms with Gasteiger partial charge in [0.1, 0.15) is 0 Å². The van der Waals surface area contributed by atoms with Crippen LogP contribution >= 0.6 is 0 Å². The van der Waals surface area contributed by atoms with Gasteiger partial charge in [-0.1, -0.05) is 0 Å². The van der Waals surface area contributed by atoms with Crippen LogP contribution in [0.25, 0.3) is 0 Å². The largest absolute Gasteiger partial charge is 0.399 e. The van der Waals surface area contributed by atoms with E-state index in [1.165, 1.54) is 0 Å². The molecule has 0 heterocycles. The average molecular weight is 227 g/mol. The number of rotatable bonds is 4. The monoisotopic (exact) mass is 227 g/mol. The summed E-state index contributed by atoms with van der Waals surface area (Å²) in [6, 6.07) is 5.46. The van der Waals surface area contributed by atoms with E-state index in [-0.39, 0.29) is 13.2 Å². The molecule has 0 unspecified atom stereocenters. The predicted molar refractivity (Wildman–Crippen MR) is 67.0 cm³/mol. The maximum atomic E-state index is 8.15. The van der Waals surface area contributed by atoms with Crippen LogP contribution in [0.2, 0.25) is 0 Å². The predicted octanol–water partition coefficient (Wildman–Crippen LogP) is -0.280. The smallest absolute Gasteiger partial charge is 0.0555 e. The molecule has 0 bridgehead atoms. The third-order valence-corrected chi connectivity index (χ3v) is 1.87. The maximum absolute atomic E-state index is 8.15. The van der Waals surface area contributed by atoms with Crippen LogP contribution in [0, 0.1) is 6.92 Å². The van der Waals surface area contributed by atoms with E-state index >= 15 is 0 Å². The van der Waals surface area contributed by atoms with Gasteiger partial charge in [-0.25, -0.2) is 0 Å². The number of aliphatic hydroxyl groups excluding tert-OH is 2. The Morgan fingerprint density at radius 3 is 2.06 bits per heavy atom. The number of aliphatic hydroxyl groups is 2. The van der Waals surface area contributed by atoms with Gasteiger partial charge in [-0.15, -0.1) is 0 Å². The molecule has 1 rings (SSSR count). The molecular formula is C11H21N3O2. The van der Waals surface area contributed by atoms with Gasteiger partial charge in [-0.2, -0.15) is 0 Å². The van der Waals surface area contributed by atoms with E-state index in [2.05, 4.69) is 5.32 Å². The Morgan fingerprint density at radius 2 is 1.69 bits per heavy atom. The zero-order valence-corrected chi connectivity index (χ0v) is 9.61. The molecule has 0 saturated heterocycles. The lowest BCUT2D eigenvalue weighted by Crippen LogP contribution is -2.21. The van der Waals surface area contributed by atoms with E-state index in [1.807, 2.05) is 19.1 Å². The first-order valence-corrected chi connectivity index (χ1v) is 5.15. The number of nitrogens with two attached hydrogens (primary N) is 2. The van der Waals surface area contributed by atoms with E-state index in [0.29, 0.717) is 13.1 Å². The molecule has 16 heavy (non-hydrogen) atoms. The first-order valence-electron chi connectivity index (χ1n) is 5.15. The van der Waals surface area contributed by atoms with E-state index in [1.54, 1.807) is 6.07 Å². The molecule has 0 saturated carbocycles. The SMILES string of the molecule is Cc1cc(N)ccc1N.OCCNCCO. The highest BCUT2D eigenvalue weighted by Crippen LogP contribution is 2.12. The van der Waals surface area contributed by atoms with Crippen LogP contribution in [0.15, 0.2) is 18.2 Å². The van der Waals surface area contributed by atoms with Gasteiger partial charge < -0.3 is 27.0 Å². The molecule has 0 aromatic heterocycles. The fourth-order valence-corrected chi connectivity index (χ4v) is 0.982. The molecule has 0 amide bonds. The molecule has 7 N–H and O–H groups in total. The van der Waals surface area contributed by atoms with Gasteiger partial charge in [-0.05, 0) is 30.7 Å². The Hall–Kier alpha value is -1.30.